The van der Waals surface area contributed by atoms with E-state index in [2.05, 4.69) is 21.2 Å². The summed E-state index contributed by atoms with van der Waals surface area (Å²) < 4.78 is 0.587. The molecule has 0 radical (unpaired) electrons. The molecule has 1 aliphatic carbocycles. The molecule has 0 unspecified atom stereocenters. The summed E-state index contributed by atoms with van der Waals surface area (Å²) in [5.74, 6) is -0.432. The second-order valence-corrected chi connectivity index (χ2v) is 5.88. The number of aromatic carboxylic acids is 1. The van der Waals surface area contributed by atoms with Gasteiger partial charge in [-0.25, -0.2) is 4.79 Å². The van der Waals surface area contributed by atoms with Gasteiger partial charge < -0.3 is 15.5 Å². The molecule has 19 heavy (non-hydrogen) atoms. The molecule has 1 saturated carbocycles. The SMILES string of the molecule is O=C(O)c1c(Br)cccc1NCC1CCC(O)CC1. The van der Waals surface area contributed by atoms with Crippen LogP contribution in [-0.4, -0.2) is 28.8 Å². The van der Waals surface area contributed by atoms with Crippen molar-refractivity contribution in [1.82, 2.24) is 0 Å². The first-order valence-corrected chi connectivity index (χ1v) is 7.31. The van der Waals surface area contributed by atoms with E-state index >= 15 is 0 Å². The summed E-state index contributed by atoms with van der Waals surface area (Å²) in [5, 5.41) is 21.9. The molecular weight excluding hydrogens is 310 g/mol. The molecule has 0 atom stereocenters. The number of carbonyl (C=O) groups is 1. The monoisotopic (exact) mass is 327 g/mol. The topological polar surface area (TPSA) is 69.6 Å². The van der Waals surface area contributed by atoms with Gasteiger partial charge in [0.15, 0.2) is 0 Å². The Balaban J connectivity index is 2.00. The summed E-state index contributed by atoms with van der Waals surface area (Å²) in [6.45, 7) is 0.753. The molecule has 1 fully saturated rings. The van der Waals surface area contributed by atoms with E-state index in [0.29, 0.717) is 16.1 Å². The Morgan fingerprint density at radius 2 is 2.00 bits per heavy atom. The minimum atomic E-state index is -0.936. The predicted molar refractivity (Wildman–Crippen MR) is 77.6 cm³/mol. The van der Waals surface area contributed by atoms with E-state index in [1.807, 2.05) is 6.07 Å². The zero-order valence-electron chi connectivity index (χ0n) is 10.6. The Morgan fingerprint density at radius 1 is 1.32 bits per heavy atom. The smallest absolute Gasteiger partial charge is 0.338 e. The lowest BCUT2D eigenvalue weighted by Gasteiger charge is -2.26. The number of aliphatic hydroxyl groups excluding tert-OH is 1. The largest absolute Gasteiger partial charge is 0.478 e. The van der Waals surface area contributed by atoms with Gasteiger partial charge in [-0.1, -0.05) is 6.07 Å². The number of hydrogen-bond acceptors (Lipinski definition) is 3. The lowest BCUT2D eigenvalue weighted by Crippen LogP contribution is -2.24. The van der Waals surface area contributed by atoms with Crippen molar-refractivity contribution in [3.05, 3.63) is 28.2 Å². The van der Waals surface area contributed by atoms with Gasteiger partial charge in [-0.15, -0.1) is 0 Å². The van der Waals surface area contributed by atoms with Crippen molar-refractivity contribution in [1.29, 1.82) is 0 Å². The summed E-state index contributed by atoms with van der Waals surface area (Å²) in [5.41, 5.74) is 0.923. The van der Waals surface area contributed by atoms with Crippen LogP contribution in [-0.2, 0) is 0 Å². The fourth-order valence-corrected chi connectivity index (χ4v) is 3.03. The number of carboxylic acid groups (broad SMARTS) is 1. The van der Waals surface area contributed by atoms with E-state index in [1.54, 1.807) is 12.1 Å². The maximum absolute atomic E-state index is 11.2. The molecule has 0 aromatic heterocycles. The van der Waals surface area contributed by atoms with E-state index in [0.717, 1.165) is 32.2 Å². The van der Waals surface area contributed by atoms with Crippen molar-refractivity contribution < 1.29 is 15.0 Å². The molecule has 0 aliphatic heterocycles. The average Bonchev–Trinajstić information content (AvgIpc) is 2.37. The first kappa shape index (κ1) is 14.3. The molecule has 4 nitrogen and oxygen atoms in total. The Kier molecular flexibility index (Phi) is 4.82. The van der Waals surface area contributed by atoms with Crippen molar-refractivity contribution in [3.63, 3.8) is 0 Å². The van der Waals surface area contributed by atoms with Crippen molar-refractivity contribution in [3.8, 4) is 0 Å². The first-order chi connectivity index (χ1) is 9.08. The van der Waals surface area contributed by atoms with Gasteiger partial charge in [0, 0.05) is 16.7 Å². The van der Waals surface area contributed by atoms with Crippen molar-refractivity contribution >= 4 is 27.6 Å². The number of nitrogens with one attached hydrogen (secondary N) is 1. The Labute approximate surface area is 121 Å². The van der Waals surface area contributed by atoms with Crippen LogP contribution in [0.2, 0.25) is 0 Å². The molecule has 0 bridgehead atoms. The zero-order valence-corrected chi connectivity index (χ0v) is 12.2. The molecule has 5 heteroatoms. The summed E-state index contributed by atoms with van der Waals surface area (Å²) in [7, 11) is 0. The minimum Gasteiger partial charge on any atom is -0.478 e. The lowest BCUT2D eigenvalue weighted by atomic mass is 9.87. The van der Waals surface area contributed by atoms with Crippen LogP contribution in [0.3, 0.4) is 0 Å². The highest BCUT2D eigenvalue weighted by Gasteiger charge is 2.20. The Morgan fingerprint density at radius 3 is 2.63 bits per heavy atom. The van der Waals surface area contributed by atoms with Crippen LogP contribution < -0.4 is 5.32 Å². The number of anilines is 1. The molecule has 2 rings (SSSR count). The average molecular weight is 328 g/mol. The third kappa shape index (κ3) is 3.70. The number of aliphatic hydroxyl groups is 1. The van der Waals surface area contributed by atoms with Crippen LogP contribution in [0.15, 0.2) is 22.7 Å². The third-order valence-corrected chi connectivity index (χ3v) is 4.29. The van der Waals surface area contributed by atoms with Gasteiger partial charge in [0.2, 0.25) is 0 Å². The van der Waals surface area contributed by atoms with Crippen LogP contribution in [0.25, 0.3) is 0 Å². The van der Waals surface area contributed by atoms with E-state index in [9.17, 15) is 15.0 Å². The quantitative estimate of drug-likeness (QED) is 0.794. The fraction of sp³-hybridized carbons (Fsp3) is 0.500. The van der Waals surface area contributed by atoms with Crippen LogP contribution in [0.4, 0.5) is 5.69 Å². The predicted octanol–water partition coefficient (Wildman–Crippen LogP) is 3.11. The van der Waals surface area contributed by atoms with Gasteiger partial charge >= 0.3 is 5.97 Å². The Bertz CT molecular complexity index is 456. The highest BCUT2D eigenvalue weighted by Crippen LogP contribution is 2.27. The lowest BCUT2D eigenvalue weighted by molar-refractivity contribution is 0.0697. The van der Waals surface area contributed by atoms with Crippen molar-refractivity contribution in [2.75, 3.05) is 11.9 Å². The molecule has 0 heterocycles. The third-order valence-electron chi connectivity index (χ3n) is 3.62. The van der Waals surface area contributed by atoms with E-state index < -0.39 is 5.97 Å². The number of carboxylic acids is 1. The van der Waals surface area contributed by atoms with Crippen molar-refractivity contribution in [2.45, 2.75) is 31.8 Å². The maximum atomic E-state index is 11.2. The summed E-state index contributed by atoms with van der Waals surface area (Å²) in [6.07, 6.45) is 3.51. The first-order valence-electron chi connectivity index (χ1n) is 6.51. The van der Waals surface area contributed by atoms with Gasteiger partial charge in [0.05, 0.1) is 11.7 Å². The van der Waals surface area contributed by atoms with E-state index in [1.165, 1.54) is 0 Å². The van der Waals surface area contributed by atoms with Crippen LogP contribution in [0.1, 0.15) is 36.0 Å². The maximum Gasteiger partial charge on any atom is 0.338 e. The van der Waals surface area contributed by atoms with Gasteiger partial charge in [-0.05, 0) is 59.7 Å². The molecule has 104 valence electrons. The standard InChI is InChI=1S/C14H18BrNO3/c15-11-2-1-3-12(13(11)14(18)19)16-8-9-4-6-10(17)7-5-9/h1-3,9-10,16-17H,4-8H2,(H,18,19). The molecule has 0 saturated heterocycles. The Hall–Kier alpha value is -1.07. The number of rotatable bonds is 4. The minimum absolute atomic E-state index is 0.156. The molecule has 0 spiro atoms. The van der Waals surface area contributed by atoms with E-state index in [-0.39, 0.29) is 11.7 Å². The summed E-state index contributed by atoms with van der Waals surface area (Å²) >= 11 is 3.27. The zero-order chi connectivity index (χ0) is 13.8. The fourth-order valence-electron chi connectivity index (χ4n) is 2.49. The van der Waals surface area contributed by atoms with Crippen LogP contribution >= 0.6 is 15.9 Å². The van der Waals surface area contributed by atoms with E-state index in [4.69, 9.17) is 0 Å². The van der Waals surface area contributed by atoms with Gasteiger partial charge in [0.25, 0.3) is 0 Å². The molecule has 3 N–H and O–H groups in total. The normalized spacial score (nSPS) is 23.1. The summed E-state index contributed by atoms with van der Waals surface area (Å²) in [6, 6.07) is 5.33. The molecule has 1 aromatic carbocycles. The molecule has 1 aromatic rings. The van der Waals surface area contributed by atoms with Crippen LogP contribution in [0.5, 0.6) is 0 Å². The number of hydrogen-bond donors (Lipinski definition) is 3. The molecular formula is C14H18BrNO3. The highest BCUT2D eigenvalue weighted by atomic mass is 79.9. The van der Waals surface area contributed by atoms with Gasteiger partial charge in [-0.2, -0.15) is 0 Å². The second kappa shape index (κ2) is 6.39. The highest BCUT2D eigenvalue weighted by molar-refractivity contribution is 9.10. The number of halogens is 1. The van der Waals surface area contributed by atoms with Crippen molar-refractivity contribution in [2.24, 2.45) is 5.92 Å². The van der Waals surface area contributed by atoms with Gasteiger partial charge in [-0.3, -0.25) is 0 Å². The van der Waals surface area contributed by atoms with Crippen LogP contribution in [0, 0.1) is 5.92 Å². The molecule has 0 amide bonds. The van der Waals surface area contributed by atoms with Gasteiger partial charge in [0.1, 0.15) is 0 Å². The number of benzene rings is 1. The molecule has 1 aliphatic rings. The summed E-state index contributed by atoms with van der Waals surface area (Å²) in [4.78, 5) is 11.2. The second-order valence-electron chi connectivity index (χ2n) is 5.02.